The molecule has 0 saturated carbocycles. The van der Waals surface area contributed by atoms with E-state index in [2.05, 4.69) is 9.99 Å². The zero-order valence-electron chi connectivity index (χ0n) is 5.08. The fourth-order valence-electron chi connectivity index (χ4n) is 0.637. The molecule has 1 rings (SSSR count). The molecule has 0 amide bonds. The highest BCUT2D eigenvalue weighted by atomic mass is 35.5. The lowest BCUT2D eigenvalue weighted by atomic mass is 10.2. The summed E-state index contributed by atoms with van der Waals surface area (Å²) in [5.74, 6) is -0.757. The Kier molecular flexibility index (Phi) is 2.11. The predicted molar refractivity (Wildman–Crippen MR) is 35.3 cm³/mol. The fraction of sp³-hybridized carbons (Fsp3) is 0.600. The van der Waals surface area contributed by atoms with Crippen LogP contribution in [0.5, 0.6) is 0 Å². The van der Waals surface area contributed by atoms with Crippen LogP contribution in [0.1, 0.15) is 6.42 Å². The van der Waals surface area contributed by atoms with Crippen LogP contribution in [0.4, 0.5) is 0 Å². The van der Waals surface area contributed by atoms with Crippen molar-refractivity contribution in [1.29, 1.82) is 0 Å². The summed E-state index contributed by atoms with van der Waals surface area (Å²) in [6, 6.07) is 0. The average Bonchev–Trinajstić information content (AvgIpc) is 2.34. The Morgan fingerprint density at radius 3 is 3.00 bits per heavy atom. The molecule has 10 heavy (non-hydrogen) atoms. The molecule has 1 unspecified atom stereocenters. The molecule has 56 valence electrons. The van der Waals surface area contributed by atoms with Gasteiger partial charge in [0, 0.05) is 6.42 Å². The van der Waals surface area contributed by atoms with Gasteiger partial charge in [0.15, 0.2) is 5.71 Å². The van der Waals surface area contributed by atoms with E-state index in [1.807, 2.05) is 0 Å². The van der Waals surface area contributed by atoms with Gasteiger partial charge in [0.1, 0.15) is 6.10 Å². The molecule has 0 radical (unpaired) electrons. The van der Waals surface area contributed by atoms with Crippen LogP contribution in [0.3, 0.4) is 0 Å². The molecule has 0 aliphatic carbocycles. The standard InChI is InChI=1S/C5H6ClNO3/c6-2-3-1-4(5(8)9)7-10-3/h3H,1-2H2,(H,8,9). The van der Waals surface area contributed by atoms with Gasteiger partial charge in [-0.3, -0.25) is 0 Å². The van der Waals surface area contributed by atoms with Gasteiger partial charge in [0.2, 0.25) is 0 Å². The van der Waals surface area contributed by atoms with E-state index in [9.17, 15) is 4.79 Å². The first kappa shape index (κ1) is 7.34. The molecule has 1 aliphatic heterocycles. The van der Waals surface area contributed by atoms with E-state index in [4.69, 9.17) is 16.7 Å². The number of rotatable bonds is 2. The lowest BCUT2D eigenvalue weighted by molar-refractivity contribution is -0.129. The fourth-order valence-corrected chi connectivity index (χ4v) is 0.803. The summed E-state index contributed by atoms with van der Waals surface area (Å²) >= 11 is 5.39. The number of carboxylic acid groups (broad SMARTS) is 1. The predicted octanol–water partition coefficient (Wildman–Crippen LogP) is 0.455. The van der Waals surface area contributed by atoms with E-state index < -0.39 is 5.97 Å². The molecule has 1 N–H and O–H groups in total. The summed E-state index contributed by atoms with van der Waals surface area (Å²) in [4.78, 5) is 14.9. The van der Waals surface area contributed by atoms with E-state index >= 15 is 0 Å². The smallest absolute Gasteiger partial charge is 0.353 e. The Labute approximate surface area is 62.4 Å². The van der Waals surface area contributed by atoms with Crippen LogP contribution in [0.25, 0.3) is 0 Å². The van der Waals surface area contributed by atoms with Crippen LogP contribution in [0.15, 0.2) is 5.16 Å². The van der Waals surface area contributed by atoms with Gasteiger partial charge in [-0.15, -0.1) is 11.6 Å². The van der Waals surface area contributed by atoms with E-state index in [1.165, 1.54) is 0 Å². The number of hydrogen-bond donors (Lipinski definition) is 1. The normalized spacial score (nSPS) is 23.7. The van der Waals surface area contributed by atoms with Gasteiger partial charge in [0.25, 0.3) is 0 Å². The summed E-state index contributed by atoms with van der Waals surface area (Å²) in [6.07, 6.45) is 0.0477. The maximum absolute atomic E-state index is 10.2. The van der Waals surface area contributed by atoms with E-state index in [-0.39, 0.29) is 17.7 Å². The molecule has 0 fully saturated rings. The number of carboxylic acids is 1. The third-order valence-corrected chi connectivity index (χ3v) is 1.50. The summed E-state index contributed by atoms with van der Waals surface area (Å²) in [7, 11) is 0. The zero-order valence-corrected chi connectivity index (χ0v) is 5.84. The molecule has 4 nitrogen and oxygen atoms in total. The number of oxime groups is 1. The minimum absolute atomic E-state index is 0.0469. The number of halogens is 1. The second kappa shape index (κ2) is 2.88. The molecule has 0 aromatic rings. The Balaban J connectivity index is 2.47. The van der Waals surface area contributed by atoms with Crippen molar-refractivity contribution in [1.82, 2.24) is 0 Å². The average molecular weight is 164 g/mol. The van der Waals surface area contributed by atoms with E-state index in [1.54, 1.807) is 0 Å². The highest BCUT2D eigenvalue weighted by Gasteiger charge is 2.24. The van der Waals surface area contributed by atoms with Gasteiger partial charge >= 0.3 is 5.97 Å². The first-order valence-corrected chi connectivity index (χ1v) is 3.29. The first-order chi connectivity index (χ1) is 4.74. The number of nitrogens with zero attached hydrogens (tertiary/aromatic N) is 1. The van der Waals surface area contributed by atoms with Crippen molar-refractivity contribution in [3.8, 4) is 0 Å². The maximum Gasteiger partial charge on any atom is 0.353 e. The molecule has 0 spiro atoms. The van der Waals surface area contributed by atoms with Gasteiger partial charge in [-0.2, -0.15) is 0 Å². The minimum Gasteiger partial charge on any atom is -0.477 e. The highest BCUT2D eigenvalue weighted by molar-refractivity contribution is 6.36. The van der Waals surface area contributed by atoms with Crippen LogP contribution >= 0.6 is 11.6 Å². The molecule has 1 aliphatic rings. The van der Waals surface area contributed by atoms with Crippen LogP contribution in [0.2, 0.25) is 0 Å². The number of alkyl halides is 1. The van der Waals surface area contributed by atoms with Gasteiger partial charge < -0.3 is 9.94 Å². The second-order valence-electron chi connectivity index (χ2n) is 1.93. The van der Waals surface area contributed by atoms with Crippen molar-refractivity contribution in [3.63, 3.8) is 0 Å². The van der Waals surface area contributed by atoms with Gasteiger partial charge in [-0.05, 0) is 0 Å². The molecule has 1 atom stereocenters. The topological polar surface area (TPSA) is 58.9 Å². The molecule has 1 heterocycles. The Morgan fingerprint density at radius 2 is 2.70 bits per heavy atom. The lowest BCUT2D eigenvalue weighted by Crippen LogP contribution is -2.15. The van der Waals surface area contributed by atoms with Crippen molar-refractivity contribution in [2.24, 2.45) is 5.16 Å². The first-order valence-electron chi connectivity index (χ1n) is 2.76. The second-order valence-corrected chi connectivity index (χ2v) is 2.24. The SMILES string of the molecule is O=C(O)C1=NOC(CCl)C1. The van der Waals surface area contributed by atoms with Crippen molar-refractivity contribution in [2.45, 2.75) is 12.5 Å². The van der Waals surface area contributed by atoms with Crippen LogP contribution in [-0.4, -0.2) is 28.8 Å². The van der Waals surface area contributed by atoms with Crippen LogP contribution in [-0.2, 0) is 9.63 Å². The highest BCUT2D eigenvalue weighted by Crippen LogP contribution is 2.11. The Bertz CT molecular complexity index is 180. The van der Waals surface area contributed by atoms with Gasteiger partial charge in [0.05, 0.1) is 5.88 Å². The van der Waals surface area contributed by atoms with E-state index in [0.717, 1.165) is 0 Å². The quantitative estimate of drug-likeness (QED) is 0.602. The molecule has 0 aromatic carbocycles. The molecule has 0 saturated heterocycles. The largest absolute Gasteiger partial charge is 0.477 e. The number of aliphatic carboxylic acids is 1. The van der Waals surface area contributed by atoms with Gasteiger partial charge in [-0.1, -0.05) is 5.16 Å². The van der Waals surface area contributed by atoms with Crippen molar-refractivity contribution >= 4 is 23.3 Å². The Hall–Kier alpha value is -0.770. The number of carbonyl (C=O) groups is 1. The molecule has 0 bridgehead atoms. The minimum atomic E-state index is -1.03. The summed E-state index contributed by atoms with van der Waals surface area (Å²) in [5.41, 5.74) is 0.0469. The number of hydrogen-bond acceptors (Lipinski definition) is 3. The van der Waals surface area contributed by atoms with Crippen LogP contribution < -0.4 is 0 Å². The third-order valence-electron chi connectivity index (χ3n) is 1.15. The van der Waals surface area contributed by atoms with Crippen molar-refractivity contribution in [2.75, 3.05) is 5.88 Å². The molecule has 5 heteroatoms. The summed E-state index contributed by atoms with van der Waals surface area (Å²) in [5, 5.41) is 11.7. The van der Waals surface area contributed by atoms with Crippen molar-refractivity contribution < 1.29 is 14.7 Å². The Morgan fingerprint density at radius 1 is 2.00 bits per heavy atom. The molecular formula is C5H6ClNO3. The van der Waals surface area contributed by atoms with E-state index in [0.29, 0.717) is 6.42 Å². The van der Waals surface area contributed by atoms with Crippen LogP contribution in [0, 0.1) is 0 Å². The van der Waals surface area contributed by atoms with Crippen molar-refractivity contribution in [3.05, 3.63) is 0 Å². The summed E-state index contributed by atoms with van der Waals surface area (Å²) < 4.78 is 0. The molecule has 0 aromatic heterocycles. The lowest BCUT2D eigenvalue weighted by Gasteiger charge is -1.98. The third kappa shape index (κ3) is 1.39. The maximum atomic E-state index is 10.2. The molecular weight excluding hydrogens is 158 g/mol. The van der Waals surface area contributed by atoms with Gasteiger partial charge in [-0.25, -0.2) is 4.79 Å². The summed E-state index contributed by atoms with van der Waals surface area (Å²) in [6.45, 7) is 0. The zero-order chi connectivity index (χ0) is 7.56. The monoisotopic (exact) mass is 163 g/mol.